The predicted octanol–water partition coefficient (Wildman–Crippen LogP) is 1.68. The fourth-order valence-corrected chi connectivity index (χ4v) is 2.01. The molecule has 0 saturated heterocycles. The Morgan fingerprint density at radius 3 is 2.86 bits per heavy atom. The van der Waals surface area contributed by atoms with Crippen molar-refractivity contribution in [3.05, 3.63) is 54.1 Å². The predicted molar refractivity (Wildman–Crippen MR) is 77.1 cm³/mol. The van der Waals surface area contributed by atoms with Gasteiger partial charge in [0.25, 0.3) is 0 Å². The SMILES string of the molecule is Cc1ccc(O)c(CNc2ccccc2-n2cnnn2)n1. The van der Waals surface area contributed by atoms with E-state index in [9.17, 15) is 5.11 Å². The molecule has 0 amide bonds. The molecule has 0 fully saturated rings. The van der Waals surface area contributed by atoms with E-state index in [4.69, 9.17) is 0 Å². The minimum atomic E-state index is 0.174. The third kappa shape index (κ3) is 2.81. The largest absolute Gasteiger partial charge is 0.506 e. The van der Waals surface area contributed by atoms with Crippen LogP contribution in [0.5, 0.6) is 5.75 Å². The summed E-state index contributed by atoms with van der Waals surface area (Å²) in [7, 11) is 0. The minimum Gasteiger partial charge on any atom is -0.506 e. The van der Waals surface area contributed by atoms with E-state index < -0.39 is 0 Å². The molecule has 0 atom stereocenters. The van der Waals surface area contributed by atoms with Gasteiger partial charge >= 0.3 is 0 Å². The number of rotatable bonds is 4. The number of aromatic hydroxyl groups is 1. The second kappa shape index (κ2) is 5.58. The van der Waals surface area contributed by atoms with E-state index >= 15 is 0 Å². The molecular weight excluding hydrogens is 268 g/mol. The van der Waals surface area contributed by atoms with E-state index in [1.54, 1.807) is 16.8 Å². The summed E-state index contributed by atoms with van der Waals surface area (Å²) in [6, 6.07) is 11.1. The Bertz CT molecular complexity index is 741. The second-order valence-electron chi connectivity index (χ2n) is 4.54. The molecule has 21 heavy (non-hydrogen) atoms. The van der Waals surface area contributed by atoms with Crippen LogP contribution in [0.15, 0.2) is 42.7 Å². The number of anilines is 1. The molecule has 2 N–H and O–H groups in total. The van der Waals surface area contributed by atoms with Gasteiger partial charge in [-0.15, -0.1) is 5.10 Å². The lowest BCUT2D eigenvalue weighted by molar-refractivity contribution is 0.464. The first-order valence-corrected chi connectivity index (χ1v) is 6.46. The molecule has 0 bridgehead atoms. The maximum absolute atomic E-state index is 9.83. The Labute approximate surface area is 121 Å². The average Bonchev–Trinajstić information content (AvgIpc) is 3.03. The second-order valence-corrected chi connectivity index (χ2v) is 4.54. The summed E-state index contributed by atoms with van der Waals surface area (Å²) >= 11 is 0. The van der Waals surface area contributed by atoms with Crippen LogP contribution < -0.4 is 5.32 Å². The number of nitrogens with one attached hydrogen (secondary N) is 1. The highest BCUT2D eigenvalue weighted by atomic mass is 16.3. The molecule has 0 unspecified atom stereocenters. The van der Waals surface area contributed by atoms with Crippen molar-refractivity contribution in [3.63, 3.8) is 0 Å². The third-order valence-corrected chi connectivity index (χ3v) is 3.04. The number of tetrazole rings is 1. The summed E-state index contributed by atoms with van der Waals surface area (Å²) in [6.45, 7) is 2.30. The van der Waals surface area contributed by atoms with Crippen LogP contribution >= 0.6 is 0 Å². The van der Waals surface area contributed by atoms with Gasteiger partial charge in [-0.05, 0) is 41.6 Å². The molecule has 0 aliphatic rings. The normalized spacial score (nSPS) is 10.5. The van der Waals surface area contributed by atoms with Gasteiger partial charge in [0, 0.05) is 5.69 Å². The topological polar surface area (TPSA) is 88.8 Å². The van der Waals surface area contributed by atoms with Crippen LogP contribution in [0.1, 0.15) is 11.4 Å². The summed E-state index contributed by atoms with van der Waals surface area (Å²) in [6.07, 6.45) is 1.53. The van der Waals surface area contributed by atoms with Crippen molar-refractivity contribution in [1.29, 1.82) is 0 Å². The van der Waals surface area contributed by atoms with Gasteiger partial charge in [0.15, 0.2) is 0 Å². The van der Waals surface area contributed by atoms with Crippen LogP contribution in [-0.2, 0) is 6.54 Å². The number of hydrogen-bond acceptors (Lipinski definition) is 6. The summed E-state index contributed by atoms with van der Waals surface area (Å²) in [5, 5.41) is 24.2. The lowest BCUT2D eigenvalue weighted by atomic mass is 10.2. The number of hydrogen-bond donors (Lipinski definition) is 2. The van der Waals surface area contributed by atoms with Gasteiger partial charge in [0.05, 0.1) is 17.9 Å². The minimum absolute atomic E-state index is 0.174. The van der Waals surface area contributed by atoms with E-state index in [1.165, 1.54) is 6.33 Å². The molecule has 106 valence electrons. The summed E-state index contributed by atoms with van der Waals surface area (Å²) in [4.78, 5) is 4.32. The average molecular weight is 282 g/mol. The van der Waals surface area contributed by atoms with E-state index in [0.29, 0.717) is 12.2 Å². The van der Waals surface area contributed by atoms with Gasteiger partial charge in [-0.25, -0.2) is 0 Å². The van der Waals surface area contributed by atoms with E-state index in [2.05, 4.69) is 25.8 Å². The highest BCUT2D eigenvalue weighted by Crippen LogP contribution is 2.21. The van der Waals surface area contributed by atoms with Gasteiger partial charge in [-0.1, -0.05) is 12.1 Å². The van der Waals surface area contributed by atoms with Crippen molar-refractivity contribution < 1.29 is 5.11 Å². The van der Waals surface area contributed by atoms with Crippen molar-refractivity contribution >= 4 is 5.69 Å². The quantitative estimate of drug-likeness (QED) is 0.757. The molecule has 0 spiro atoms. The molecule has 0 radical (unpaired) electrons. The maximum Gasteiger partial charge on any atom is 0.143 e. The summed E-state index contributed by atoms with van der Waals surface area (Å²) in [5.74, 6) is 0.174. The van der Waals surface area contributed by atoms with Crippen molar-refractivity contribution in [2.45, 2.75) is 13.5 Å². The number of nitrogens with zero attached hydrogens (tertiary/aromatic N) is 5. The van der Waals surface area contributed by atoms with Crippen molar-refractivity contribution in [3.8, 4) is 11.4 Å². The third-order valence-electron chi connectivity index (χ3n) is 3.04. The smallest absolute Gasteiger partial charge is 0.143 e. The van der Waals surface area contributed by atoms with E-state index in [1.807, 2.05) is 31.2 Å². The van der Waals surface area contributed by atoms with Crippen LogP contribution in [0, 0.1) is 6.92 Å². The van der Waals surface area contributed by atoms with Crippen LogP contribution in [0.2, 0.25) is 0 Å². The molecule has 0 aliphatic carbocycles. The first-order chi connectivity index (χ1) is 10.2. The van der Waals surface area contributed by atoms with Gasteiger partial charge in [-0.2, -0.15) is 4.68 Å². The fourth-order valence-electron chi connectivity index (χ4n) is 2.01. The van der Waals surface area contributed by atoms with Crippen LogP contribution in [-0.4, -0.2) is 30.3 Å². The highest BCUT2D eigenvalue weighted by molar-refractivity contribution is 5.60. The molecule has 3 rings (SSSR count). The zero-order chi connectivity index (χ0) is 14.7. The first kappa shape index (κ1) is 13.0. The molecule has 2 heterocycles. The van der Waals surface area contributed by atoms with Gasteiger partial charge < -0.3 is 10.4 Å². The van der Waals surface area contributed by atoms with Crippen LogP contribution in [0.25, 0.3) is 5.69 Å². The Morgan fingerprint density at radius 1 is 1.19 bits per heavy atom. The fraction of sp³-hybridized carbons (Fsp3) is 0.143. The number of benzene rings is 1. The van der Waals surface area contributed by atoms with Crippen molar-refractivity contribution in [1.82, 2.24) is 25.2 Å². The highest BCUT2D eigenvalue weighted by Gasteiger charge is 2.07. The van der Waals surface area contributed by atoms with Gasteiger partial charge in [-0.3, -0.25) is 4.98 Å². The van der Waals surface area contributed by atoms with E-state index in [-0.39, 0.29) is 5.75 Å². The molecule has 1 aromatic carbocycles. The number of para-hydroxylation sites is 2. The lowest BCUT2D eigenvalue weighted by Crippen LogP contribution is -2.06. The number of pyridine rings is 1. The first-order valence-electron chi connectivity index (χ1n) is 6.46. The molecule has 2 aromatic heterocycles. The molecule has 7 heteroatoms. The Balaban J connectivity index is 1.84. The van der Waals surface area contributed by atoms with E-state index in [0.717, 1.165) is 17.1 Å². The Kier molecular flexibility index (Phi) is 3.46. The molecule has 7 nitrogen and oxygen atoms in total. The van der Waals surface area contributed by atoms with Crippen molar-refractivity contribution in [2.75, 3.05) is 5.32 Å². The molecule has 3 aromatic rings. The zero-order valence-electron chi connectivity index (χ0n) is 11.4. The molecule has 0 aliphatic heterocycles. The monoisotopic (exact) mass is 282 g/mol. The summed E-state index contributed by atoms with van der Waals surface area (Å²) < 4.78 is 1.58. The number of aromatic nitrogens is 5. The standard InChI is InChI=1S/C14H14N6O/c1-10-6-7-14(21)12(17-10)8-15-11-4-2-3-5-13(11)20-9-16-18-19-20/h2-7,9,15,21H,8H2,1H3. The van der Waals surface area contributed by atoms with Crippen LogP contribution in [0.4, 0.5) is 5.69 Å². The Hall–Kier alpha value is -2.96. The molecular formula is C14H14N6O. The Morgan fingerprint density at radius 2 is 2.05 bits per heavy atom. The van der Waals surface area contributed by atoms with Crippen molar-refractivity contribution in [2.24, 2.45) is 0 Å². The zero-order valence-corrected chi connectivity index (χ0v) is 11.4. The maximum atomic E-state index is 9.83. The lowest BCUT2D eigenvalue weighted by Gasteiger charge is -2.11. The van der Waals surface area contributed by atoms with Crippen LogP contribution in [0.3, 0.4) is 0 Å². The summed E-state index contributed by atoms with van der Waals surface area (Å²) in [5.41, 5.74) is 3.14. The van der Waals surface area contributed by atoms with Gasteiger partial charge in [0.1, 0.15) is 17.8 Å². The molecule has 0 saturated carbocycles. The number of aryl methyl sites for hydroxylation is 1. The van der Waals surface area contributed by atoms with Gasteiger partial charge in [0.2, 0.25) is 0 Å².